The molecule has 0 aromatic carbocycles. The van der Waals surface area contributed by atoms with Gasteiger partial charge in [0.25, 0.3) is 0 Å². The Hall–Kier alpha value is -2.60. The molecule has 0 aliphatic carbocycles. The van der Waals surface area contributed by atoms with Gasteiger partial charge in [-0.25, -0.2) is 4.98 Å². The van der Waals surface area contributed by atoms with Crippen molar-refractivity contribution in [3.63, 3.8) is 0 Å². The lowest BCUT2D eigenvalue weighted by Gasteiger charge is -2.10. The van der Waals surface area contributed by atoms with Crippen LogP contribution in [0.15, 0.2) is 41.1 Å². The molecule has 0 fully saturated rings. The van der Waals surface area contributed by atoms with Crippen molar-refractivity contribution >= 4 is 0 Å². The average Bonchev–Trinajstić information content (AvgIpc) is 3.22. The summed E-state index contributed by atoms with van der Waals surface area (Å²) in [6.07, 6.45) is 4.53. The van der Waals surface area contributed by atoms with Gasteiger partial charge in [-0.15, -0.1) is 0 Å². The number of rotatable bonds is 8. The number of ether oxygens (including phenoxy) is 1. The van der Waals surface area contributed by atoms with E-state index in [1.165, 1.54) is 0 Å². The average molecular weight is 326 g/mol. The van der Waals surface area contributed by atoms with Gasteiger partial charge in [0.15, 0.2) is 5.76 Å². The number of H-pyrrole nitrogens is 1. The highest BCUT2D eigenvalue weighted by atomic mass is 16.5. The van der Waals surface area contributed by atoms with E-state index in [2.05, 4.69) is 27.4 Å². The second-order valence-corrected chi connectivity index (χ2v) is 5.60. The first-order valence-electron chi connectivity index (χ1n) is 8.14. The molecule has 2 N–H and O–H groups in total. The van der Waals surface area contributed by atoms with Crippen molar-refractivity contribution < 1.29 is 9.15 Å². The van der Waals surface area contributed by atoms with Crippen molar-refractivity contribution in [3.05, 3.63) is 53.5 Å². The van der Waals surface area contributed by atoms with Crippen LogP contribution in [-0.2, 0) is 13.1 Å². The van der Waals surface area contributed by atoms with Crippen LogP contribution in [0.25, 0.3) is 11.5 Å². The lowest BCUT2D eigenvalue weighted by molar-refractivity contribution is 0.301. The van der Waals surface area contributed by atoms with Crippen molar-refractivity contribution in [2.24, 2.45) is 0 Å². The Morgan fingerprint density at radius 3 is 2.88 bits per heavy atom. The van der Waals surface area contributed by atoms with Crippen molar-refractivity contribution in [1.29, 1.82) is 0 Å². The highest BCUT2D eigenvalue weighted by molar-refractivity contribution is 5.56. The zero-order chi connectivity index (χ0) is 16.8. The molecule has 3 aromatic rings. The van der Waals surface area contributed by atoms with Gasteiger partial charge < -0.3 is 14.5 Å². The Balaban J connectivity index is 1.63. The molecule has 0 bridgehead atoms. The normalized spacial score (nSPS) is 10.9. The van der Waals surface area contributed by atoms with Crippen LogP contribution in [0.1, 0.15) is 30.2 Å². The second kappa shape index (κ2) is 7.79. The van der Waals surface area contributed by atoms with Gasteiger partial charge in [0.2, 0.25) is 5.88 Å². The molecule has 3 heterocycles. The van der Waals surface area contributed by atoms with Gasteiger partial charge in [-0.3, -0.25) is 5.10 Å². The fraction of sp³-hybridized carbons (Fsp3) is 0.333. The Kier molecular flexibility index (Phi) is 5.28. The van der Waals surface area contributed by atoms with Gasteiger partial charge in [0, 0.05) is 30.4 Å². The monoisotopic (exact) mass is 326 g/mol. The van der Waals surface area contributed by atoms with Gasteiger partial charge in [0.1, 0.15) is 11.5 Å². The molecule has 6 heteroatoms. The molecule has 6 nitrogen and oxygen atoms in total. The van der Waals surface area contributed by atoms with E-state index >= 15 is 0 Å². The van der Waals surface area contributed by atoms with Crippen molar-refractivity contribution in [2.75, 3.05) is 6.61 Å². The van der Waals surface area contributed by atoms with E-state index in [4.69, 9.17) is 9.15 Å². The van der Waals surface area contributed by atoms with Gasteiger partial charge >= 0.3 is 0 Å². The minimum atomic E-state index is 0.674. The molecule has 0 radical (unpaired) electrons. The first-order valence-corrected chi connectivity index (χ1v) is 8.14. The van der Waals surface area contributed by atoms with Gasteiger partial charge in [0.05, 0.1) is 12.8 Å². The molecule has 0 spiro atoms. The number of pyridine rings is 1. The van der Waals surface area contributed by atoms with Crippen LogP contribution in [0.4, 0.5) is 0 Å². The molecule has 3 aromatic heterocycles. The predicted octanol–water partition coefficient (Wildman–Crippen LogP) is 3.45. The van der Waals surface area contributed by atoms with Crippen LogP contribution in [-0.4, -0.2) is 21.8 Å². The highest BCUT2D eigenvalue weighted by Gasteiger charge is 2.11. The fourth-order valence-electron chi connectivity index (χ4n) is 2.45. The largest absolute Gasteiger partial charge is 0.477 e. The molecule has 0 atom stereocenters. The molecule has 0 aliphatic heterocycles. The van der Waals surface area contributed by atoms with Crippen LogP contribution in [0.5, 0.6) is 5.88 Å². The van der Waals surface area contributed by atoms with Crippen molar-refractivity contribution in [2.45, 2.75) is 33.4 Å². The van der Waals surface area contributed by atoms with Crippen molar-refractivity contribution in [3.8, 4) is 17.3 Å². The van der Waals surface area contributed by atoms with Gasteiger partial charge in [-0.2, -0.15) is 5.10 Å². The summed E-state index contributed by atoms with van der Waals surface area (Å²) in [7, 11) is 0. The molecular weight excluding hydrogens is 304 g/mol. The third-order valence-electron chi connectivity index (χ3n) is 3.63. The van der Waals surface area contributed by atoms with E-state index in [0.29, 0.717) is 25.6 Å². The summed E-state index contributed by atoms with van der Waals surface area (Å²) in [6, 6.07) is 7.84. The molecular formula is C18H22N4O2. The third kappa shape index (κ3) is 3.83. The van der Waals surface area contributed by atoms with E-state index in [1.54, 1.807) is 6.20 Å². The van der Waals surface area contributed by atoms with Crippen LogP contribution in [0.3, 0.4) is 0 Å². The molecule has 3 rings (SSSR count). The molecule has 0 amide bonds. The lowest BCUT2D eigenvalue weighted by atomic mass is 10.2. The number of aromatic nitrogens is 3. The Labute approximate surface area is 141 Å². The maximum absolute atomic E-state index is 5.69. The van der Waals surface area contributed by atoms with Crippen LogP contribution in [0, 0.1) is 6.92 Å². The Morgan fingerprint density at radius 2 is 2.08 bits per heavy atom. The van der Waals surface area contributed by atoms with Crippen LogP contribution in [0.2, 0.25) is 0 Å². The van der Waals surface area contributed by atoms with E-state index in [-0.39, 0.29) is 0 Å². The Bertz CT molecular complexity index is 779. The molecule has 0 unspecified atom stereocenters. The summed E-state index contributed by atoms with van der Waals surface area (Å²) in [5, 5.41) is 10.5. The number of nitrogens with zero attached hydrogens (tertiary/aromatic N) is 2. The number of aromatic amines is 1. The number of hydrogen-bond donors (Lipinski definition) is 2. The second-order valence-electron chi connectivity index (χ2n) is 5.60. The number of hydrogen-bond acceptors (Lipinski definition) is 5. The molecule has 0 aliphatic rings. The van der Waals surface area contributed by atoms with E-state index in [0.717, 1.165) is 34.8 Å². The predicted molar refractivity (Wildman–Crippen MR) is 91.6 cm³/mol. The summed E-state index contributed by atoms with van der Waals surface area (Å²) in [5.41, 5.74) is 3.01. The summed E-state index contributed by atoms with van der Waals surface area (Å²) in [5.74, 6) is 2.38. The first-order chi connectivity index (χ1) is 11.8. The summed E-state index contributed by atoms with van der Waals surface area (Å²) >= 11 is 0. The van der Waals surface area contributed by atoms with E-state index < -0.39 is 0 Å². The third-order valence-corrected chi connectivity index (χ3v) is 3.63. The SMILES string of the molecule is CCCOc1ncccc1CNCc1cn[nH]c1-c1ccc(C)o1. The molecule has 0 saturated heterocycles. The van der Waals surface area contributed by atoms with E-state index in [1.807, 2.05) is 37.4 Å². The van der Waals surface area contributed by atoms with Gasteiger partial charge in [-0.05, 0) is 31.5 Å². The number of aryl methyl sites for hydroxylation is 1. The molecule has 0 saturated carbocycles. The van der Waals surface area contributed by atoms with Crippen molar-refractivity contribution in [1.82, 2.24) is 20.5 Å². The van der Waals surface area contributed by atoms with Crippen LogP contribution < -0.4 is 10.1 Å². The smallest absolute Gasteiger partial charge is 0.217 e. The Morgan fingerprint density at radius 1 is 1.21 bits per heavy atom. The molecule has 126 valence electrons. The quantitative estimate of drug-likeness (QED) is 0.663. The van der Waals surface area contributed by atoms with Gasteiger partial charge in [-0.1, -0.05) is 13.0 Å². The standard InChI is InChI=1S/C18H22N4O2/c1-3-9-23-18-14(5-4-8-20-18)10-19-11-15-12-21-22-17(15)16-7-6-13(2)24-16/h4-8,12,19H,3,9-11H2,1-2H3,(H,21,22). The topological polar surface area (TPSA) is 76.0 Å². The summed E-state index contributed by atoms with van der Waals surface area (Å²) < 4.78 is 11.4. The lowest BCUT2D eigenvalue weighted by Crippen LogP contribution is -2.14. The highest BCUT2D eigenvalue weighted by Crippen LogP contribution is 2.23. The summed E-state index contributed by atoms with van der Waals surface area (Å²) in [4.78, 5) is 4.30. The minimum Gasteiger partial charge on any atom is -0.477 e. The fourth-order valence-corrected chi connectivity index (χ4v) is 2.45. The number of furan rings is 1. The van der Waals surface area contributed by atoms with Crippen LogP contribution >= 0.6 is 0 Å². The maximum atomic E-state index is 5.69. The zero-order valence-electron chi connectivity index (χ0n) is 14.0. The summed E-state index contributed by atoms with van der Waals surface area (Å²) in [6.45, 7) is 6.03. The van der Waals surface area contributed by atoms with E-state index in [9.17, 15) is 0 Å². The number of nitrogens with one attached hydrogen (secondary N) is 2. The zero-order valence-corrected chi connectivity index (χ0v) is 14.0. The maximum Gasteiger partial charge on any atom is 0.217 e. The molecule has 24 heavy (non-hydrogen) atoms. The minimum absolute atomic E-state index is 0.674. The first kappa shape index (κ1) is 16.3.